The molecule has 0 spiro atoms. The molecule has 0 unspecified atom stereocenters. The van der Waals surface area contributed by atoms with Gasteiger partial charge in [-0.15, -0.1) is 0 Å². The van der Waals surface area contributed by atoms with E-state index in [0.29, 0.717) is 24.3 Å². The van der Waals surface area contributed by atoms with Gasteiger partial charge >= 0.3 is 12.1 Å². The molecular weight excluding hydrogens is 631 g/mol. The summed E-state index contributed by atoms with van der Waals surface area (Å²) >= 11 is 1.41. The van der Waals surface area contributed by atoms with E-state index < -0.39 is 30.2 Å². The monoisotopic (exact) mass is 677 g/mol. The lowest BCUT2D eigenvalue weighted by atomic mass is 9.89. The molecule has 2 aromatic rings. The van der Waals surface area contributed by atoms with Gasteiger partial charge in [-0.25, -0.2) is 8.78 Å². The van der Waals surface area contributed by atoms with Crippen LogP contribution in [0.2, 0.25) is 0 Å². The number of benzene rings is 2. The van der Waals surface area contributed by atoms with Gasteiger partial charge in [0.15, 0.2) is 0 Å². The fourth-order valence-corrected chi connectivity index (χ4v) is 6.86. The molecule has 3 rings (SSSR count). The Balaban J connectivity index is 1.49. The molecule has 0 amide bonds. The van der Waals surface area contributed by atoms with Crippen LogP contribution in [0.4, 0.5) is 30.7 Å². The topological polar surface area (TPSA) is 32.7 Å². The molecule has 3 nitrogen and oxygen atoms in total. The number of alkyl halides is 5. The van der Waals surface area contributed by atoms with E-state index in [1.807, 2.05) is 6.07 Å². The molecule has 258 valence electrons. The van der Waals surface area contributed by atoms with Crippen molar-refractivity contribution in [3.05, 3.63) is 64.7 Å². The molecule has 0 atom stereocenters. The third kappa shape index (κ3) is 12.4. The molecular formula is C35H46F7NO2S. The zero-order chi connectivity index (χ0) is 33.6. The third-order valence-corrected chi connectivity index (χ3v) is 9.45. The number of hydrogen-bond donors (Lipinski definition) is 1. The van der Waals surface area contributed by atoms with Crippen LogP contribution in [0.1, 0.15) is 87.3 Å². The van der Waals surface area contributed by atoms with Gasteiger partial charge < -0.3 is 14.7 Å². The number of allylic oxidation sites excluding steroid dienone is 2. The Morgan fingerprint density at radius 1 is 0.804 bits per heavy atom. The van der Waals surface area contributed by atoms with E-state index in [2.05, 4.69) is 4.90 Å². The van der Waals surface area contributed by atoms with E-state index >= 15 is 0 Å². The van der Waals surface area contributed by atoms with Gasteiger partial charge in [0.2, 0.25) is 0 Å². The minimum atomic E-state index is -5.49. The summed E-state index contributed by atoms with van der Waals surface area (Å²) in [7, 11) is 1.66. The maximum absolute atomic E-state index is 14.2. The summed E-state index contributed by atoms with van der Waals surface area (Å²) in [6, 6.07) is 9.04. The van der Waals surface area contributed by atoms with Gasteiger partial charge in [-0.05, 0) is 134 Å². The van der Waals surface area contributed by atoms with E-state index in [9.17, 15) is 35.8 Å². The number of methoxy groups -OCH3 is 1. The first-order chi connectivity index (χ1) is 21.9. The molecule has 0 heterocycles. The third-order valence-electron chi connectivity index (χ3n) is 8.29. The number of hydrogen-bond acceptors (Lipinski definition) is 4. The SMILES string of the molecule is COCCCN(CCCCCCC1=C(c2cc(F)cc(F)c2)CCCc2cc(O)ccc21)CCCSCCCC(F)(F)C(F)(F)F. The highest BCUT2D eigenvalue weighted by atomic mass is 32.2. The van der Waals surface area contributed by atoms with Crippen molar-refractivity contribution in [1.82, 2.24) is 4.90 Å². The summed E-state index contributed by atoms with van der Waals surface area (Å²) < 4.78 is 96.6. The number of phenolic OH excluding ortho intramolecular Hbond substituents is 1. The second kappa shape index (κ2) is 18.9. The molecule has 1 aliphatic carbocycles. The molecule has 0 radical (unpaired) electrons. The molecule has 1 N–H and O–H groups in total. The number of nitrogens with zero attached hydrogens (tertiary/aromatic N) is 1. The van der Waals surface area contributed by atoms with Gasteiger partial charge in [-0.1, -0.05) is 18.9 Å². The van der Waals surface area contributed by atoms with Crippen LogP contribution in [0.15, 0.2) is 36.4 Å². The Bertz CT molecular complexity index is 1230. The maximum Gasteiger partial charge on any atom is 0.453 e. The lowest BCUT2D eigenvalue weighted by Gasteiger charge is -2.22. The minimum Gasteiger partial charge on any atom is -0.508 e. The lowest BCUT2D eigenvalue weighted by Crippen LogP contribution is -2.36. The summed E-state index contributed by atoms with van der Waals surface area (Å²) in [6.45, 7) is 3.22. The van der Waals surface area contributed by atoms with Crippen molar-refractivity contribution in [2.24, 2.45) is 0 Å². The number of ether oxygens (including phenoxy) is 1. The Labute approximate surface area is 272 Å². The Hall–Kier alpha value is -2.24. The molecule has 0 fully saturated rings. The number of aromatic hydroxyl groups is 1. The highest BCUT2D eigenvalue weighted by Gasteiger charge is 2.56. The molecule has 0 saturated heterocycles. The molecule has 11 heteroatoms. The Morgan fingerprint density at radius 2 is 1.48 bits per heavy atom. The van der Waals surface area contributed by atoms with Gasteiger partial charge in [0.25, 0.3) is 0 Å². The van der Waals surface area contributed by atoms with E-state index in [1.54, 1.807) is 19.2 Å². The largest absolute Gasteiger partial charge is 0.508 e. The Morgan fingerprint density at radius 3 is 2.20 bits per heavy atom. The van der Waals surface area contributed by atoms with Gasteiger partial charge in [-0.3, -0.25) is 0 Å². The van der Waals surface area contributed by atoms with E-state index in [-0.39, 0.29) is 17.9 Å². The number of unbranched alkanes of at least 4 members (excludes halogenated alkanes) is 3. The number of halogens is 7. The molecule has 2 aromatic carbocycles. The summed E-state index contributed by atoms with van der Waals surface area (Å²) in [5.74, 6) is -4.65. The van der Waals surface area contributed by atoms with Crippen LogP contribution < -0.4 is 0 Å². The fourth-order valence-electron chi connectivity index (χ4n) is 5.97. The lowest BCUT2D eigenvalue weighted by molar-refractivity contribution is -0.284. The predicted octanol–water partition coefficient (Wildman–Crippen LogP) is 10.3. The molecule has 0 bridgehead atoms. The van der Waals surface area contributed by atoms with Crippen molar-refractivity contribution in [2.75, 3.05) is 44.9 Å². The number of thioether (sulfide) groups is 1. The van der Waals surface area contributed by atoms with Crippen LogP contribution in [-0.4, -0.2) is 67.0 Å². The molecule has 0 aliphatic heterocycles. The predicted molar refractivity (Wildman–Crippen MR) is 172 cm³/mol. The summed E-state index contributed by atoms with van der Waals surface area (Å²) in [6.07, 6.45) is 1.77. The molecule has 1 aliphatic rings. The first-order valence-electron chi connectivity index (χ1n) is 16.2. The average molecular weight is 678 g/mol. The standard InChI is InChI=1S/C35H46F7NO2S/c1-45-19-8-17-43(18-9-21-46-20-7-15-34(38,39)35(40,41)42)16-5-3-2-4-11-33-31(27-22-28(36)25-29(37)23-27)12-6-10-26-24-30(44)13-14-32(26)33/h13-14,22-25,44H,2-12,15-21H2,1H3. The molecule has 46 heavy (non-hydrogen) atoms. The van der Waals surface area contributed by atoms with Crippen molar-refractivity contribution in [1.29, 1.82) is 0 Å². The molecule has 0 saturated carbocycles. The number of rotatable bonds is 20. The van der Waals surface area contributed by atoms with Gasteiger partial charge in [0.05, 0.1) is 0 Å². The highest BCUT2D eigenvalue weighted by Crippen LogP contribution is 2.41. The van der Waals surface area contributed by atoms with Crippen LogP contribution in [0, 0.1) is 11.6 Å². The summed E-state index contributed by atoms with van der Waals surface area (Å²) in [5, 5.41) is 10.1. The molecule has 0 aromatic heterocycles. The van der Waals surface area contributed by atoms with Crippen LogP contribution in [0.5, 0.6) is 5.75 Å². The van der Waals surface area contributed by atoms with Crippen LogP contribution in [0.25, 0.3) is 11.1 Å². The zero-order valence-corrected chi connectivity index (χ0v) is 27.4. The number of phenols is 1. The zero-order valence-electron chi connectivity index (χ0n) is 26.5. The maximum atomic E-state index is 14.2. The number of fused-ring (bicyclic) bond motifs is 1. The van der Waals surface area contributed by atoms with Crippen molar-refractivity contribution < 1.29 is 40.6 Å². The van der Waals surface area contributed by atoms with E-state index in [1.165, 1.54) is 23.9 Å². The first kappa shape index (κ1) is 38.2. The van der Waals surface area contributed by atoms with Crippen molar-refractivity contribution >= 4 is 22.9 Å². The van der Waals surface area contributed by atoms with Crippen molar-refractivity contribution in [3.8, 4) is 5.75 Å². The number of aryl methyl sites for hydroxylation is 1. The second-order valence-electron chi connectivity index (χ2n) is 11.9. The van der Waals surface area contributed by atoms with Gasteiger partial charge in [-0.2, -0.15) is 33.7 Å². The minimum absolute atomic E-state index is 0.180. The van der Waals surface area contributed by atoms with Gasteiger partial charge in [0.1, 0.15) is 17.4 Å². The fraction of sp³-hybridized carbons (Fsp3) is 0.600. The van der Waals surface area contributed by atoms with Crippen molar-refractivity contribution in [2.45, 2.75) is 89.1 Å². The van der Waals surface area contributed by atoms with Crippen LogP contribution in [0.3, 0.4) is 0 Å². The van der Waals surface area contributed by atoms with E-state index in [0.717, 1.165) is 106 Å². The highest BCUT2D eigenvalue weighted by molar-refractivity contribution is 7.99. The Kier molecular flexibility index (Phi) is 15.7. The first-order valence-corrected chi connectivity index (χ1v) is 17.3. The van der Waals surface area contributed by atoms with Gasteiger partial charge in [0, 0.05) is 32.7 Å². The van der Waals surface area contributed by atoms with E-state index in [4.69, 9.17) is 4.74 Å². The summed E-state index contributed by atoms with van der Waals surface area (Å²) in [5.41, 5.74) is 4.69. The second-order valence-corrected chi connectivity index (χ2v) is 13.2. The van der Waals surface area contributed by atoms with Crippen LogP contribution >= 0.6 is 11.8 Å². The quantitative estimate of drug-likeness (QED) is 0.112. The smallest absolute Gasteiger partial charge is 0.453 e. The van der Waals surface area contributed by atoms with Crippen molar-refractivity contribution in [3.63, 3.8) is 0 Å². The van der Waals surface area contributed by atoms with Crippen LogP contribution in [-0.2, 0) is 11.2 Å². The normalized spacial score (nSPS) is 14.2. The average Bonchev–Trinajstić information content (AvgIpc) is 3.15. The summed E-state index contributed by atoms with van der Waals surface area (Å²) in [4.78, 5) is 2.35.